The molecule has 2 heterocycles. The van der Waals surface area contributed by atoms with Crippen molar-refractivity contribution in [3.8, 4) is 0 Å². The Morgan fingerprint density at radius 1 is 1.38 bits per heavy atom. The number of fused-ring (bicyclic) bond motifs is 1. The second-order valence-electron chi connectivity index (χ2n) is 5.21. The van der Waals surface area contributed by atoms with Crippen molar-refractivity contribution in [2.24, 2.45) is 0 Å². The maximum Gasteiger partial charge on any atom is 0.190 e. The highest BCUT2D eigenvalue weighted by Crippen LogP contribution is 2.36. The summed E-state index contributed by atoms with van der Waals surface area (Å²) in [4.78, 5) is 8.43. The number of hydrogen-bond donors (Lipinski definition) is 1. The minimum Gasteiger partial charge on any atom is -0.378 e. The molecule has 0 spiro atoms. The molecule has 2 aromatic rings. The second kappa shape index (κ2) is 6.56. The molecule has 0 fully saturated rings. The molecule has 4 nitrogen and oxygen atoms in total. The SMILES string of the molecule is CNCc1sc(N2CCCc3ccccc32)nc1COC. The summed E-state index contributed by atoms with van der Waals surface area (Å²) >= 11 is 1.77. The van der Waals surface area contributed by atoms with E-state index in [1.165, 1.54) is 22.5 Å². The fourth-order valence-corrected chi connectivity index (χ4v) is 3.88. The van der Waals surface area contributed by atoms with E-state index in [0.29, 0.717) is 6.61 Å². The highest BCUT2D eigenvalue weighted by atomic mass is 32.1. The smallest absolute Gasteiger partial charge is 0.190 e. The molecular weight excluding hydrogens is 282 g/mol. The van der Waals surface area contributed by atoms with Crippen LogP contribution in [0.2, 0.25) is 0 Å². The van der Waals surface area contributed by atoms with Crippen LogP contribution in [0, 0.1) is 0 Å². The first-order valence-corrected chi connectivity index (χ1v) is 8.12. The van der Waals surface area contributed by atoms with Gasteiger partial charge < -0.3 is 15.0 Å². The van der Waals surface area contributed by atoms with Crippen molar-refractivity contribution in [2.45, 2.75) is 26.0 Å². The molecule has 0 atom stereocenters. The van der Waals surface area contributed by atoms with E-state index < -0.39 is 0 Å². The molecule has 0 aliphatic carbocycles. The number of methoxy groups -OCH3 is 1. The molecule has 0 bridgehead atoms. The molecule has 5 heteroatoms. The van der Waals surface area contributed by atoms with Gasteiger partial charge in [-0.05, 0) is 31.5 Å². The number of benzene rings is 1. The van der Waals surface area contributed by atoms with E-state index >= 15 is 0 Å². The average Bonchev–Trinajstić information content (AvgIpc) is 2.90. The maximum absolute atomic E-state index is 5.28. The molecule has 0 saturated heterocycles. The summed E-state index contributed by atoms with van der Waals surface area (Å²) in [5, 5.41) is 4.30. The fraction of sp³-hybridized carbons (Fsp3) is 0.438. The Kier molecular flexibility index (Phi) is 4.53. The van der Waals surface area contributed by atoms with E-state index in [1.807, 2.05) is 7.05 Å². The molecule has 1 aromatic carbocycles. The quantitative estimate of drug-likeness (QED) is 0.921. The third kappa shape index (κ3) is 2.95. The Labute approximate surface area is 129 Å². The average molecular weight is 303 g/mol. The Bertz CT molecular complexity index is 588. The molecule has 0 unspecified atom stereocenters. The molecule has 1 aliphatic heterocycles. The van der Waals surface area contributed by atoms with Gasteiger partial charge in [0.05, 0.1) is 12.3 Å². The second-order valence-corrected chi connectivity index (χ2v) is 6.28. The molecule has 112 valence electrons. The summed E-state index contributed by atoms with van der Waals surface area (Å²) in [6.45, 7) is 2.45. The summed E-state index contributed by atoms with van der Waals surface area (Å²) in [6.07, 6.45) is 2.34. The van der Waals surface area contributed by atoms with Gasteiger partial charge in [-0.15, -0.1) is 0 Å². The van der Waals surface area contributed by atoms with Gasteiger partial charge in [0.15, 0.2) is 5.13 Å². The molecule has 1 aromatic heterocycles. The molecule has 21 heavy (non-hydrogen) atoms. The lowest BCUT2D eigenvalue weighted by molar-refractivity contribution is 0.181. The number of aryl methyl sites for hydroxylation is 1. The fourth-order valence-electron chi connectivity index (χ4n) is 2.77. The van der Waals surface area contributed by atoms with E-state index in [9.17, 15) is 0 Å². The van der Waals surface area contributed by atoms with Gasteiger partial charge in [-0.1, -0.05) is 29.5 Å². The standard InChI is InChI=1S/C16H21N3OS/c1-17-10-15-13(11-20-2)18-16(21-15)19-9-5-7-12-6-3-4-8-14(12)19/h3-4,6,8,17H,5,7,9-11H2,1-2H3. The number of nitrogens with one attached hydrogen (secondary N) is 1. The van der Waals surface area contributed by atoms with Crippen molar-refractivity contribution < 1.29 is 4.74 Å². The number of para-hydroxylation sites is 1. The van der Waals surface area contributed by atoms with Gasteiger partial charge in [0.25, 0.3) is 0 Å². The lowest BCUT2D eigenvalue weighted by Gasteiger charge is -2.28. The number of hydrogen-bond acceptors (Lipinski definition) is 5. The van der Waals surface area contributed by atoms with E-state index in [1.54, 1.807) is 18.4 Å². The maximum atomic E-state index is 5.28. The summed E-state index contributed by atoms with van der Waals surface area (Å²) < 4.78 is 5.28. The van der Waals surface area contributed by atoms with E-state index in [4.69, 9.17) is 9.72 Å². The van der Waals surface area contributed by atoms with Crippen LogP contribution >= 0.6 is 11.3 Å². The van der Waals surface area contributed by atoms with Crippen molar-refractivity contribution in [3.63, 3.8) is 0 Å². The van der Waals surface area contributed by atoms with Crippen molar-refractivity contribution in [2.75, 3.05) is 25.6 Å². The summed E-state index contributed by atoms with van der Waals surface area (Å²) in [5.41, 5.74) is 3.77. The lowest BCUT2D eigenvalue weighted by atomic mass is 10.0. The number of anilines is 2. The van der Waals surface area contributed by atoms with Crippen molar-refractivity contribution >= 4 is 22.2 Å². The number of ether oxygens (including phenoxy) is 1. The highest BCUT2D eigenvalue weighted by molar-refractivity contribution is 7.15. The van der Waals surface area contributed by atoms with E-state index in [-0.39, 0.29) is 0 Å². The van der Waals surface area contributed by atoms with Crippen LogP contribution in [0.15, 0.2) is 24.3 Å². The molecule has 3 rings (SSSR count). The number of thiazole rings is 1. The Balaban J connectivity index is 1.95. The third-order valence-corrected chi connectivity index (χ3v) is 4.85. The van der Waals surface area contributed by atoms with Crippen LogP contribution in [0.3, 0.4) is 0 Å². The van der Waals surface area contributed by atoms with Crippen LogP contribution in [0.25, 0.3) is 0 Å². The number of rotatable bonds is 5. The first-order valence-electron chi connectivity index (χ1n) is 7.31. The Morgan fingerprint density at radius 2 is 2.24 bits per heavy atom. The van der Waals surface area contributed by atoms with Crippen LogP contribution < -0.4 is 10.2 Å². The zero-order chi connectivity index (χ0) is 14.7. The minimum atomic E-state index is 0.572. The first-order chi connectivity index (χ1) is 10.3. The monoisotopic (exact) mass is 303 g/mol. The summed E-state index contributed by atoms with van der Waals surface area (Å²) in [5.74, 6) is 0. The predicted octanol–water partition coefficient (Wildman–Crippen LogP) is 3.09. The number of nitrogens with zero attached hydrogens (tertiary/aromatic N) is 2. The molecule has 0 saturated carbocycles. The van der Waals surface area contributed by atoms with E-state index in [2.05, 4.69) is 34.5 Å². The van der Waals surface area contributed by atoms with Crippen LogP contribution in [-0.2, 0) is 24.3 Å². The third-order valence-electron chi connectivity index (χ3n) is 3.73. The van der Waals surface area contributed by atoms with E-state index in [0.717, 1.165) is 30.3 Å². The van der Waals surface area contributed by atoms with Gasteiger partial charge in [-0.2, -0.15) is 0 Å². The highest BCUT2D eigenvalue weighted by Gasteiger charge is 2.22. The van der Waals surface area contributed by atoms with Crippen molar-refractivity contribution in [1.29, 1.82) is 0 Å². The largest absolute Gasteiger partial charge is 0.378 e. The summed E-state index contributed by atoms with van der Waals surface area (Å²) in [7, 11) is 3.69. The molecule has 1 aliphatic rings. The minimum absolute atomic E-state index is 0.572. The van der Waals surface area contributed by atoms with Crippen LogP contribution in [0.1, 0.15) is 22.6 Å². The van der Waals surface area contributed by atoms with Crippen LogP contribution in [0.5, 0.6) is 0 Å². The Hall–Kier alpha value is -1.43. The van der Waals surface area contributed by atoms with Gasteiger partial charge in [0.1, 0.15) is 0 Å². The van der Waals surface area contributed by atoms with Gasteiger partial charge >= 0.3 is 0 Å². The van der Waals surface area contributed by atoms with Crippen LogP contribution in [0.4, 0.5) is 10.8 Å². The predicted molar refractivity (Wildman–Crippen MR) is 87.4 cm³/mol. The topological polar surface area (TPSA) is 37.4 Å². The van der Waals surface area contributed by atoms with Gasteiger partial charge in [-0.25, -0.2) is 4.98 Å². The summed E-state index contributed by atoms with van der Waals surface area (Å²) in [6, 6.07) is 8.64. The first kappa shape index (κ1) is 14.5. The lowest BCUT2D eigenvalue weighted by Crippen LogP contribution is -2.24. The molecule has 0 amide bonds. The van der Waals surface area contributed by atoms with Crippen molar-refractivity contribution in [1.82, 2.24) is 10.3 Å². The molecule has 1 N–H and O–H groups in total. The zero-order valence-corrected chi connectivity index (χ0v) is 13.4. The normalized spacial score (nSPS) is 14.3. The number of aromatic nitrogens is 1. The molecular formula is C16H21N3OS. The van der Waals surface area contributed by atoms with Gasteiger partial charge in [0.2, 0.25) is 0 Å². The van der Waals surface area contributed by atoms with Gasteiger partial charge in [-0.3, -0.25) is 0 Å². The van der Waals surface area contributed by atoms with Crippen LogP contribution in [-0.4, -0.2) is 25.7 Å². The Morgan fingerprint density at radius 3 is 3.05 bits per heavy atom. The van der Waals surface area contributed by atoms with Crippen molar-refractivity contribution in [3.05, 3.63) is 40.4 Å². The van der Waals surface area contributed by atoms with Gasteiger partial charge in [0, 0.05) is 30.8 Å². The molecule has 0 radical (unpaired) electrons. The zero-order valence-electron chi connectivity index (χ0n) is 12.6.